The van der Waals surface area contributed by atoms with Crippen LogP contribution in [0.3, 0.4) is 0 Å². The Hall–Kier alpha value is -0.920. The number of rotatable bonds is 6. The number of hydrogen-bond donors (Lipinski definition) is 1. The van der Waals surface area contributed by atoms with E-state index in [9.17, 15) is 8.78 Å². The van der Waals surface area contributed by atoms with Gasteiger partial charge in [-0.1, -0.05) is 41.1 Å². The van der Waals surface area contributed by atoms with E-state index >= 15 is 0 Å². The van der Waals surface area contributed by atoms with Gasteiger partial charge >= 0.3 is 0 Å². The molecule has 1 aromatic heterocycles. The summed E-state index contributed by atoms with van der Waals surface area (Å²) in [5, 5.41) is 12.2. The third-order valence-electron chi connectivity index (χ3n) is 2.76. The summed E-state index contributed by atoms with van der Waals surface area (Å²) in [6.45, 7) is 5.98. The van der Waals surface area contributed by atoms with Crippen LogP contribution in [0.15, 0.2) is 16.6 Å². The van der Waals surface area contributed by atoms with Gasteiger partial charge in [-0.2, -0.15) is 0 Å². The summed E-state index contributed by atoms with van der Waals surface area (Å²) in [4.78, 5) is 0. The van der Waals surface area contributed by atoms with Gasteiger partial charge in [0.1, 0.15) is 16.6 Å². The van der Waals surface area contributed by atoms with Crippen molar-refractivity contribution in [3.8, 4) is 10.6 Å². The zero-order valence-electron chi connectivity index (χ0n) is 11.8. The molecule has 114 valence electrons. The monoisotopic (exact) mass is 375 g/mol. The minimum absolute atomic E-state index is 0.114. The number of hydrogen-bond acceptors (Lipinski definition) is 4. The molecule has 0 atom stereocenters. The summed E-state index contributed by atoms with van der Waals surface area (Å²) >= 11 is 4.28. The minimum Gasteiger partial charge on any atom is -0.316 e. The highest BCUT2D eigenvalue weighted by atomic mass is 79.9. The van der Waals surface area contributed by atoms with Crippen molar-refractivity contribution in [1.29, 1.82) is 0 Å². The van der Waals surface area contributed by atoms with Crippen LogP contribution in [0, 0.1) is 17.6 Å². The molecule has 0 aliphatic heterocycles. The van der Waals surface area contributed by atoms with Crippen LogP contribution in [0.2, 0.25) is 0 Å². The summed E-state index contributed by atoms with van der Waals surface area (Å²) in [5.41, 5.74) is -0.114. The number of benzene rings is 1. The van der Waals surface area contributed by atoms with Gasteiger partial charge < -0.3 is 5.32 Å². The Kier molecular flexibility index (Phi) is 5.78. The average molecular weight is 376 g/mol. The minimum atomic E-state index is -0.637. The molecule has 1 aromatic carbocycles. The zero-order valence-corrected chi connectivity index (χ0v) is 14.2. The second-order valence-corrected chi connectivity index (χ2v) is 7.07. The van der Waals surface area contributed by atoms with Crippen molar-refractivity contribution in [1.82, 2.24) is 15.5 Å². The van der Waals surface area contributed by atoms with Crippen LogP contribution < -0.4 is 5.32 Å². The van der Waals surface area contributed by atoms with Gasteiger partial charge in [-0.3, -0.25) is 0 Å². The highest BCUT2D eigenvalue weighted by Crippen LogP contribution is 2.31. The smallest absolute Gasteiger partial charge is 0.153 e. The van der Waals surface area contributed by atoms with Crippen molar-refractivity contribution in [3.05, 3.63) is 33.2 Å². The van der Waals surface area contributed by atoms with Crippen LogP contribution in [-0.4, -0.2) is 23.3 Å². The molecular formula is C14H16BrF2N3S. The van der Waals surface area contributed by atoms with Gasteiger partial charge in [0.15, 0.2) is 5.01 Å². The van der Waals surface area contributed by atoms with E-state index < -0.39 is 11.6 Å². The zero-order chi connectivity index (χ0) is 15.4. The molecule has 2 rings (SSSR count). The first kappa shape index (κ1) is 16.5. The number of nitrogens with zero attached hydrogens (tertiary/aromatic N) is 2. The topological polar surface area (TPSA) is 37.8 Å². The summed E-state index contributed by atoms with van der Waals surface area (Å²) in [6, 6.07) is 2.45. The van der Waals surface area contributed by atoms with E-state index in [-0.39, 0.29) is 10.6 Å². The van der Waals surface area contributed by atoms with Crippen LogP contribution >= 0.6 is 27.3 Å². The van der Waals surface area contributed by atoms with Gasteiger partial charge in [-0.05, 0) is 24.6 Å². The predicted octanol–water partition coefficient (Wildman–Crippen LogP) is 4.03. The first-order valence-electron chi connectivity index (χ1n) is 6.65. The Morgan fingerprint density at radius 2 is 1.90 bits per heavy atom. The molecule has 1 heterocycles. The lowest BCUT2D eigenvalue weighted by Crippen LogP contribution is -2.22. The van der Waals surface area contributed by atoms with Gasteiger partial charge in [0.2, 0.25) is 0 Å². The third-order valence-corrected chi connectivity index (χ3v) is 4.21. The Morgan fingerprint density at radius 1 is 1.24 bits per heavy atom. The Labute approximate surface area is 134 Å². The summed E-state index contributed by atoms with van der Waals surface area (Å²) < 4.78 is 28.1. The van der Waals surface area contributed by atoms with E-state index in [1.807, 2.05) is 0 Å². The Morgan fingerprint density at radius 3 is 2.52 bits per heavy atom. The normalized spacial score (nSPS) is 11.3. The SMILES string of the molecule is CC(C)CNCCc1nnc(-c2c(F)cc(Br)cc2F)s1. The van der Waals surface area contributed by atoms with Gasteiger partial charge in [0.25, 0.3) is 0 Å². The fourth-order valence-electron chi connectivity index (χ4n) is 1.79. The van der Waals surface area contributed by atoms with Gasteiger partial charge in [0.05, 0.1) is 5.56 Å². The molecule has 0 bridgehead atoms. The van der Waals surface area contributed by atoms with Crippen molar-refractivity contribution < 1.29 is 8.78 Å². The summed E-state index contributed by atoms with van der Waals surface area (Å²) in [6.07, 6.45) is 0.699. The highest BCUT2D eigenvalue weighted by molar-refractivity contribution is 9.10. The molecule has 0 aliphatic carbocycles. The molecule has 0 aliphatic rings. The predicted molar refractivity (Wildman–Crippen MR) is 84.4 cm³/mol. The first-order valence-corrected chi connectivity index (χ1v) is 8.26. The molecule has 7 heteroatoms. The highest BCUT2D eigenvalue weighted by Gasteiger charge is 2.17. The largest absolute Gasteiger partial charge is 0.316 e. The van der Waals surface area contributed by atoms with Gasteiger partial charge in [0, 0.05) is 17.4 Å². The van der Waals surface area contributed by atoms with Crippen molar-refractivity contribution in [2.24, 2.45) is 5.92 Å². The molecule has 0 radical (unpaired) electrons. The molecule has 0 unspecified atom stereocenters. The van der Waals surface area contributed by atoms with Crippen molar-refractivity contribution in [3.63, 3.8) is 0 Å². The van der Waals surface area contributed by atoms with E-state index in [0.717, 1.165) is 18.1 Å². The lowest BCUT2D eigenvalue weighted by molar-refractivity contribution is 0.553. The van der Waals surface area contributed by atoms with Crippen LogP contribution in [-0.2, 0) is 6.42 Å². The van der Waals surface area contributed by atoms with Crippen molar-refractivity contribution >= 4 is 27.3 Å². The summed E-state index contributed by atoms with van der Waals surface area (Å²) in [5.74, 6) is -0.689. The second kappa shape index (κ2) is 7.38. The molecule has 2 aromatic rings. The molecule has 0 amide bonds. The second-order valence-electron chi connectivity index (χ2n) is 5.09. The Bertz CT molecular complexity index is 593. The molecule has 0 saturated carbocycles. The van der Waals surface area contributed by atoms with E-state index in [1.54, 1.807) is 0 Å². The third kappa shape index (κ3) is 4.52. The molecule has 0 fully saturated rings. The molecule has 1 N–H and O–H groups in total. The van der Waals surface area contributed by atoms with E-state index in [2.05, 4.69) is 45.3 Å². The fraction of sp³-hybridized carbons (Fsp3) is 0.429. The number of aromatic nitrogens is 2. The van der Waals surface area contributed by atoms with Crippen molar-refractivity contribution in [2.75, 3.05) is 13.1 Å². The Balaban J connectivity index is 2.06. The number of halogens is 3. The first-order chi connectivity index (χ1) is 9.97. The van der Waals surface area contributed by atoms with Crippen LogP contribution in [0.5, 0.6) is 0 Å². The maximum Gasteiger partial charge on any atom is 0.153 e. The lowest BCUT2D eigenvalue weighted by atomic mass is 10.2. The molecular weight excluding hydrogens is 360 g/mol. The maximum absolute atomic E-state index is 13.9. The summed E-state index contributed by atoms with van der Waals surface area (Å²) in [7, 11) is 0. The average Bonchev–Trinajstić information content (AvgIpc) is 2.81. The number of nitrogens with one attached hydrogen (secondary N) is 1. The van der Waals surface area contributed by atoms with Crippen LogP contribution in [0.25, 0.3) is 10.6 Å². The van der Waals surface area contributed by atoms with Gasteiger partial charge in [-0.25, -0.2) is 8.78 Å². The van der Waals surface area contributed by atoms with Crippen molar-refractivity contribution in [2.45, 2.75) is 20.3 Å². The van der Waals surface area contributed by atoms with Gasteiger partial charge in [-0.15, -0.1) is 10.2 Å². The van der Waals surface area contributed by atoms with Crippen LogP contribution in [0.1, 0.15) is 18.9 Å². The van der Waals surface area contributed by atoms with E-state index in [1.165, 1.54) is 23.5 Å². The molecule has 3 nitrogen and oxygen atoms in total. The molecule has 0 saturated heterocycles. The van der Waals surface area contributed by atoms with E-state index in [4.69, 9.17) is 0 Å². The molecule has 0 spiro atoms. The lowest BCUT2D eigenvalue weighted by Gasteiger charge is -2.05. The van der Waals surface area contributed by atoms with E-state index in [0.29, 0.717) is 16.8 Å². The fourth-order valence-corrected chi connectivity index (χ4v) is 3.08. The molecule has 21 heavy (non-hydrogen) atoms. The standard InChI is InChI=1S/C14H16BrF2N3S/c1-8(2)7-18-4-3-12-19-20-14(21-12)13-10(16)5-9(15)6-11(13)17/h5-6,8,18H,3-4,7H2,1-2H3. The van der Waals surface area contributed by atoms with Crippen LogP contribution in [0.4, 0.5) is 8.78 Å². The maximum atomic E-state index is 13.9. The quantitative estimate of drug-likeness (QED) is 0.774.